The highest BCUT2D eigenvalue weighted by atomic mass is 15.1. The molecular formula is C17H21N3. The quantitative estimate of drug-likeness (QED) is 0.829. The zero-order chi connectivity index (χ0) is 14.1. The van der Waals surface area contributed by atoms with E-state index in [1.807, 2.05) is 6.20 Å². The minimum absolute atomic E-state index is 0.648. The summed E-state index contributed by atoms with van der Waals surface area (Å²) < 4.78 is 0. The second-order valence-corrected chi connectivity index (χ2v) is 6.15. The van der Waals surface area contributed by atoms with Gasteiger partial charge in [-0.15, -0.1) is 0 Å². The van der Waals surface area contributed by atoms with Crippen molar-refractivity contribution in [2.75, 3.05) is 20.6 Å². The molecule has 20 heavy (non-hydrogen) atoms. The van der Waals surface area contributed by atoms with Crippen LogP contribution in [0.3, 0.4) is 0 Å². The molecule has 1 aromatic carbocycles. The summed E-state index contributed by atoms with van der Waals surface area (Å²) in [7, 11) is 4.31. The van der Waals surface area contributed by atoms with Crippen molar-refractivity contribution >= 4 is 16.6 Å². The van der Waals surface area contributed by atoms with Crippen molar-refractivity contribution in [2.45, 2.75) is 25.2 Å². The van der Waals surface area contributed by atoms with E-state index in [-0.39, 0.29) is 0 Å². The zero-order valence-electron chi connectivity index (χ0n) is 12.2. The summed E-state index contributed by atoms with van der Waals surface area (Å²) in [4.78, 5) is 9.08. The van der Waals surface area contributed by atoms with Gasteiger partial charge < -0.3 is 9.88 Å². The fourth-order valence-electron chi connectivity index (χ4n) is 3.61. The van der Waals surface area contributed by atoms with E-state index < -0.39 is 0 Å². The van der Waals surface area contributed by atoms with E-state index in [1.165, 1.54) is 24.8 Å². The number of H-pyrrole nitrogens is 1. The van der Waals surface area contributed by atoms with Crippen LogP contribution in [0, 0.1) is 12.5 Å². The summed E-state index contributed by atoms with van der Waals surface area (Å²) in [6.07, 6.45) is 5.74. The largest absolute Gasteiger partial charge is 0.372 e. The molecule has 3 rings (SSSR count). The van der Waals surface area contributed by atoms with E-state index in [0.29, 0.717) is 5.92 Å². The lowest BCUT2D eigenvalue weighted by molar-refractivity contribution is 0.310. The second kappa shape index (κ2) is 5.30. The molecule has 1 heterocycles. The topological polar surface area (TPSA) is 23.4 Å². The smallest absolute Gasteiger partial charge is 0.211 e. The number of hydrogen-bond donors (Lipinski definition) is 1. The Balaban J connectivity index is 1.95. The molecule has 0 radical (unpaired) electrons. The van der Waals surface area contributed by atoms with Gasteiger partial charge in [0.05, 0.1) is 6.57 Å². The molecule has 2 atom stereocenters. The summed E-state index contributed by atoms with van der Waals surface area (Å²) in [6, 6.07) is 6.60. The molecule has 1 saturated carbocycles. The van der Waals surface area contributed by atoms with Crippen LogP contribution < -0.4 is 0 Å². The van der Waals surface area contributed by atoms with Crippen LogP contribution in [0.2, 0.25) is 0 Å². The number of nitrogens with zero attached hydrogens (tertiary/aromatic N) is 2. The standard InChI is InChI=1S/C17H21N3/c1-18-17-10-19-16-8-7-12(9-15(16)17)14-6-4-5-13(14)11-20(2)3/h7-10,13-14,19H,4-6,11H2,2-3H3/t13-,14+/m0/s1. The summed E-state index contributed by atoms with van der Waals surface area (Å²) in [6.45, 7) is 8.41. The Hall–Kier alpha value is -1.79. The Morgan fingerprint density at radius 1 is 1.35 bits per heavy atom. The zero-order valence-corrected chi connectivity index (χ0v) is 12.2. The van der Waals surface area contributed by atoms with Crippen LogP contribution in [-0.2, 0) is 0 Å². The number of rotatable bonds is 3. The molecule has 3 heteroatoms. The Morgan fingerprint density at radius 3 is 2.95 bits per heavy atom. The maximum Gasteiger partial charge on any atom is 0.211 e. The van der Waals surface area contributed by atoms with Crippen molar-refractivity contribution in [2.24, 2.45) is 5.92 Å². The van der Waals surface area contributed by atoms with E-state index >= 15 is 0 Å². The van der Waals surface area contributed by atoms with Crippen molar-refractivity contribution in [3.05, 3.63) is 41.4 Å². The Labute approximate surface area is 120 Å². The van der Waals surface area contributed by atoms with Gasteiger partial charge >= 0.3 is 0 Å². The van der Waals surface area contributed by atoms with Crippen molar-refractivity contribution in [3.8, 4) is 0 Å². The molecule has 0 aliphatic heterocycles. The van der Waals surface area contributed by atoms with E-state index in [1.54, 1.807) is 0 Å². The number of nitrogens with one attached hydrogen (secondary N) is 1. The van der Waals surface area contributed by atoms with Crippen molar-refractivity contribution in [1.82, 2.24) is 9.88 Å². The third kappa shape index (κ3) is 2.32. The van der Waals surface area contributed by atoms with Crippen molar-refractivity contribution in [1.29, 1.82) is 0 Å². The van der Waals surface area contributed by atoms with Crippen LogP contribution in [-0.4, -0.2) is 30.5 Å². The number of fused-ring (bicyclic) bond motifs is 1. The average molecular weight is 267 g/mol. The summed E-state index contributed by atoms with van der Waals surface area (Å²) in [5, 5.41) is 1.08. The maximum atomic E-state index is 7.25. The van der Waals surface area contributed by atoms with Crippen LogP contribution in [0.15, 0.2) is 24.4 Å². The first kappa shape index (κ1) is 13.2. The van der Waals surface area contributed by atoms with Gasteiger partial charge in [0, 0.05) is 23.6 Å². The molecule has 0 bridgehead atoms. The molecule has 1 fully saturated rings. The van der Waals surface area contributed by atoms with Crippen LogP contribution in [0.25, 0.3) is 15.7 Å². The number of hydrogen-bond acceptors (Lipinski definition) is 1. The molecular weight excluding hydrogens is 246 g/mol. The predicted octanol–water partition coefficient (Wildman–Crippen LogP) is 4.16. The molecule has 0 unspecified atom stereocenters. The first-order valence-electron chi connectivity index (χ1n) is 7.32. The molecule has 1 N–H and O–H groups in total. The highest BCUT2D eigenvalue weighted by Crippen LogP contribution is 2.41. The maximum absolute atomic E-state index is 7.25. The van der Waals surface area contributed by atoms with Crippen molar-refractivity contribution in [3.63, 3.8) is 0 Å². The summed E-state index contributed by atoms with van der Waals surface area (Å²) in [5.41, 5.74) is 3.22. The molecule has 1 aromatic heterocycles. The molecule has 0 amide bonds. The molecule has 104 valence electrons. The summed E-state index contributed by atoms with van der Waals surface area (Å²) >= 11 is 0. The van der Waals surface area contributed by atoms with Crippen LogP contribution in [0.5, 0.6) is 0 Å². The Morgan fingerprint density at radius 2 is 2.20 bits per heavy atom. The second-order valence-electron chi connectivity index (χ2n) is 6.15. The van der Waals surface area contributed by atoms with Gasteiger partial charge in [-0.1, -0.05) is 18.6 Å². The molecule has 3 nitrogen and oxygen atoms in total. The normalized spacial score (nSPS) is 22.5. The number of aromatic nitrogens is 1. The lowest BCUT2D eigenvalue weighted by Crippen LogP contribution is -2.23. The van der Waals surface area contributed by atoms with Gasteiger partial charge in [-0.25, -0.2) is 4.85 Å². The summed E-state index contributed by atoms with van der Waals surface area (Å²) in [5.74, 6) is 1.40. The minimum Gasteiger partial charge on any atom is -0.372 e. The SMILES string of the molecule is [C-]#[N+]c1c[nH]c2ccc([C@H]3CCC[C@H]3CN(C)C)cc12. The number of aromatic amines is 1. The van der Waals surface area contributed by atoms with Gasteiger partial charge in [0.15, 0.2) is 0 Å². The Kier molecular flexibility index (Phi) is 3.50. The van der Waals surface area contributed by atoms with Crippen LogP contribution in [0.1, 0.15) is 30.7 Å². The van der Waals surface area contributed by atoms with Crippen molar-refractivity contribution < 1.29 is 0 Å². The van der Waals surface area contributed by atoms with E-state index in [9.17, 15) is 0 Å². The van der Waals surface area contributed by atoms with Gasteiger partial charge in [0.1, 0.15) is 0 Å². The molecule has 1 aliphatic rings. The molecule has 2 aromatic rings. The first-order chi connectivity index (χ1) is 9.69. The van der Waals surface area contributed by atoms with Gasteiger partial charge in [0.2, 0.25) is 5.69 Å². The molecule has 1 aliphatic carbocycles. The lowest BCUT2D eigenvalue weighted by Gasteiger charge is -2.23. The fourth-order valence-corrected chi connectivity index (χ4v) is 3.61. The highest BCUT2D eigenvalue weighted by molar-refractivity contribution is 5.93. The average Bonchev–Trinajstić information content (AvgIpc) is 3.03. The van der Waals surface area contributed by atoms with E-state index in [0.717, 1.165) is 29.1 Å². The fraction of sp³-hybridized carbons (Fsp3) is 0.471. The minimum atomic E-state index is 0.648. The monoisotopic (exact) mass is 267 g/mol. The predicted molar refractivity (Wildman–Crippen MR) is 83.2 cm³/mol. The van der Waals surface area contributed by atoms with Gasteiger partial charge in [-0.05, 0) is 50.4 Å². The first-order valence-corrected chi connectivity index (χ1v) is 7.32. The van der Waals surface area contributed by atoms with Crippen LogP contribution in [0.4, 0.5) is 5.69 Å². The van der Waals surface area contributed by atoms with Gasteiger partial charge in [-0.2, -0.15) is 0 Å². The highest BCUT2D eigenvalue weighted by Gasteiger charge is 2.29. The van der Waals surface area contributed by atoms with E-state index in [4.69, 9.17) is 6.57 Å². The third-order valence-electron chi connectivity index (χ3n) is 4.49. The molecule has 0 saturated heterocycles. The molecule has 0 spiro atoms. The Bertz CT molecular complexity index is 648. The van der Waals surface area contributed by atoms with Crippen LogP contribution >= 0.6 is 0 Å². The third-order valence-corrected chi connectivity index (χ3v) is 4.49. The lowest BCUT2D eigenvalue weighted by atomic mass is 9.88. The van der Waals surface area contributed by atoms with E-state index in [2.05, 4.69) is 47.0 Å². The van der Waals surface area contributed by atoms with Gasteiger partial charge in [0.25, 0.3) is 0 Å². The van der Waals surface area contributed by atoms with Gasteiger partial charge in [-0.3, -0.25) is 0 Å². The number of benzene rings is 1.